The highest BCUT2D eigenvalue weighted by Gasteiger charge is 2.25. The van der Waals surface area contributed by atoms with Crippen LogP contribution in [0.3, 0.4) is 0 Å². The first-order valence-electron chi connectivity index (χ1n) is 10.1. The van der Waals surface area contributed by atoms with Gasteiger partial charge in [-0.2, -0.15) is 0 Å². The van der Waals surface area contributed by atoms with Gasteiger partial charge in [0.15, 0.2) is 0 Å². The fraction of sp³-hybridized carbons (Fsp3) is 0.280. The van der Waals surface area contributed by atoms with E-state index in [-0.39, 0.29) is 12.0 Å². The van der Waals surface area contributed by atoms with E-state index in [1.165, 1.54) is 28.5 Å². The highest BCUT2D eigenvalue weighted by molar-refractivity contribution is 5.85. The fourth-order valence-electron chi connectivity index (χ4n) is 4.03. The summed E-state index contributed by atoms with van der Waals surface area (Å²) in [5.41, 5.74) is 2.26. The predicted octanol–water partition coefficient (Wildman–Crippen LogP) is 4.95. The van der Waals surface area contributed by atoms with Gasteiger partial charge in [0.05, 0.1) is 0 Å². The van der Waals surface area contributed by atoms with Gasteiger partial charge in [0.1, 0.15) is 12.0 Å². The molecule has 150 valence electrons. The minimum absolute atomic E-state index is 0.0296. The standard InChI is InChI=1S/C25H27FN2O/c1-29-25(24-10-4-8-21-7-2-3-9-23(21)24)28-18-16-27(17-19-28)15-5-6-20-11-13-22(26)14-12-20/h2-14,25H,15-19H2,1H3/b6-5+. The maximum atomic E-state index is 13.0. The Balaban J connectivity index is 1.37. The van der Waals surface area contributed by atoms with Crippen molar-refractivity contribution in [2.24, 2.45) is 0 Å². The van der Waals surface area contributed by atoms with E-state index < -0.39 is 0 Å². The molecule has 1 atom stereocenters. The van der Waals surface area contributed by atoms with Crippen molar-refractivity contribution in [2.75, 3.05) is 39.8 Å². The van der Waals surface area contributed by atoms with Gasteiger partial charge in [-0.25, -0.2) is 4.39 Å². The third-order valence-electron chi connectivity index (χ3n) is 5.60. The van der Waals surface area contributed by atoms with Gasteiger partial charge >= 0.3 is 0 Å². The molecule has 3 aromatic rings. The first kappa shape index (κ1) is 19.8. The minimum Gasteiger partial charge on any atom is -0.362 e. The Morgan fingerprint density at radius 2 is 1.66 bits per heavy atom. The molecule has 1 heterocycles. The Bertz CT molecular complexity index is 957. The van der Waals surface area contributed by atoms with Gasteiger partial charge < -0.3 is 4.74 Å². The summed E-state index contributed by atoms with van der Waals surface area (Å²) in [5, 5.41) is 2.50. The molecule has 0 saturated carbocycles. The molecular formula is C25H27FN2O. The van der Waals surface area contributed by atoms with Gasteiger partial charge in [0.25, 0.3) is 0 Å². The number of piperazine rings is 1. The Morgan fingerprint density at radius 3 is 2.41 bits per heavy atom. The normalized spacial score (nSPS) is 17.2. The Hall–Kier alpha value is -2.53. The molecule has 0 aliphatic carbocycles. The summed E-state index contributed by atoms with van der Waals surface area (Å²) in [6, 6.07) is 21.5. The molecule has 0 radical (unpaired) electrons. The van der Waals surface area contributed by atoms with Gasteiger partial charge in [0.2, 0.25) is 0 Å². The molecule has 1 unspecified atom stereocenters. The molecule has 0 amide bonds. The fourth-order valence-corrected chi connectivity index (χ4v) is 4.03. The van der Waals surface area contributed by atoms with Crippen LogP contribution in [0.1, 0.15) is 17.4 Å². The van der Waals surface area contributed by atoms with E-state index in [9.17, 15) is 4.39 Å². The SMILES string of the molecule is COC(c1cccc2ccccc12)N1CCN(C/C=C/c2ccc(F)cc2)CC1. The molecule has 3 aromatic carbocycles. The Labute approximate surface area is 172 Å². The van der Waals surface area contributed by atoms with E-state index >= 15 is 0 Å². The molecule has 0 aromatic heterocycles. The smallest absolute Gasteiger partial charge is 0.137 e. The molecule has 4 heteroatoms. The molecule has 4 rings (SSSR count). The summed E-state index contributed by atoms with van der Waals surface area (Å²) in [6.07, 6.45) is 4.18. The highest BCUT2D eigenvalue weighted by atomic mass is 19.1. The quantitative estimate of drug-likeness (QED) is 0.592. The number of rotatable bonds is 6. The van der Waals surface area contributed by atoms with E-state index in [2.05, 4.69) is 64.4 Å². The molecule has 29 heavy (non-hydrogen) atoms. The van der Waals surface area contributed by atoms with Crippen molar-refractivity contribution >= 4 is 16.8 Å². The van der Waals surface area contributed by atoms with Gasteiger partial charge in [-0.1, -0.05) is 66.7 Å². The first-order chi connectivity index (χ1) is 14.2. The number of hydrogen-bond acceptors (Lipinski definition) is 3. The number of halogens is 1. The number of nitrogens with zero attached hydrogens (tertiary/aromatic N) is 2. The van der Waals surface area contributed by atoms with Gasteiger partial charge in [0, 0.05) is 45.4 Å². The van der Waals surface area contributed by atoms with Crippen LogP contribution in [0.5, 0.6) is 0 Å². The number of ether oxygens (including phenoxy) is 1. The van der Waals surface area contributed by atoms with Crippen LogP contribution < -0.4 is 0 Å². The van der Waals surface area contributed by atoms with Crippen LogP contribution in [0.25, 0.3) is 16.8 Å². The van der Waals surface area contributed by atoms with Crippen molar-refractivity contribution in [3.8, 4) is 0 Å². The second kappa shape index (κ2) is 9.31. The number of fused-ring (bicyclic) bond motifs is 1. The summed E-state index contributed by atoms with van der Waals surface area (Å²) in [7, 11) is 1.80. The monoisotopic (exact) mass is 390 g/mol. The second-order valence-electron chi connectivity index (χ2n) is 7.45. The van der Waals surface area contributed by atoms with Crippen molar-refractivity contribution in [1.82, 2.24) is 9.80 Å². The second-order valence-corrected chi connectivity index (χ2v) is 7.45. The van der Waals surface area contributed by atoms with E-state index in [0.29, 0.717) is 0 Å². The molecule has 1 saturated heterocycles. The molecule has 3 nitrogen and oxygen atoms in total. The third kappa shape index (κ3) is 4.73. The summed E-state index contributed by atoms with van der Waals surface area (Å²) < 4.78 is 18.9. The third-order valence-corrected chi connectivity index (χ3v) is 5.60. The van der Waals surface area contributed by atoms with Crippen LogP contribution in [0.4, 0.5) is 4.39 Å². The molecule has 1 fully saturated rings. The van der Waals surface area contributed by atoms with Crippen LogP contribution >= 0.6 is 0 Å². The maximum absolute atomic E-state index is 13.0. The van der Waals surface area contributed by atoms with Crippen LogP contribution in [0.2, 0.25) is 0 Å². The lowest BCUT2D eigenvalue weighted by Crippen LogP contribution is -2.47. The van der Waals surface area contributed by atoms with Crippen molar-refractivity contribution in [2.45, 2.75) is 6.23 Å². The zero-order valence-corrected chi connectivity index (χ0v) is 16.8. The van der Waals surface area contributed by atoms with E-state index in [1.807, 2.05) is 0 Å². The average molecular weight is 391 g/mol. The number of methoxy groups -OCH3 is 1. The first-order valence-corrected chi connectivity index (χ1v) is 10.1. The van der Waals surface area contributed by atoms with Crippen molar-refractivity contribution in [1.29, 1.82) is 0 Å². The predicted molar refractivity (Wildman–Crippen MR) is 117 cm³/mol. The van der Waals surface area contributed by atoms with E-state index in [0.717, 1.165) is 38.3 Å². The van der Waals surface area contributed by atoms with Crippen LogP contribution in [-0.2, 0) is 4.74 Å². The van der Waals surface area contributed by atoms with Crippen LogP contribution in [0, 0.1) is 5.82 Å². The molecule has 0 N–H and O–H groups in total. The topological polar surface area (TPSA) is 15.7 Å². The van der Waals surface area contributed by atoms with Crippen LogP contribution in [0.15, 0.2) is 72.8 Å². The summed E-state index contributed by atoms with van der Waals surface area (Å²) in [4.78, 5) is 4.86. The van der Waals surface area contributed by atoms with Gasteiger partial charge in [-0.3, -0.25) is 9.80 Å². The van der Waals surface area contributed by atoms with Crippen molar-refractivity contribution in [3.63, 3.8) is 0 Å². The number of hydrogen-bond donors (Lipinski definition) is 0. The van der Waals surface area contributed by atoms with Gasteiger partial charge in [-0.05, 0) is 28.5 Å². The lowest BCUT2D eigenvalue weighted by atomic mass is 10.0. The summed E-state index contributed by atoms with van der Waals surface area (Å²) in [5.74, 6) is -0.197. The van der Waals surface area contributed by atoms with Gasteiger partial charge in [-0.15, -0.1) is 0 Å². The molecule has 1 aliphatic rings. The maximum Gasteiger partial charge on any atom is 0.137 e. The van der Waals surface area contributed by atoms with E-state index in [1.54, 1.807) is 19.2 Å². The Kier molecular flexibility index (Phi) is 6.35. The zero-order chi connectivity index (χ0) is 20.1. The van der Waals surface area contributed by atoms with Crippen molar-refractivity contribution < 1.29 is 9.13 Å². The summed E-state index contributed by atoms with van der Waals surface area (Å²) >= 11 is 0. The summed E-state index contributed by atoms with van der Waals surface area (Å²) in [6.45, 7) is 4.83. The Morgan fingerprint density at radius 1 is 0.931 bits per heavy atom. The zero-order valence-electron chi connectivity index (χ0n) is 16.8. The number of benzene rings is 3. The molecular weight excluding hydrogens is 363 g/mol. The molecule has 0 bridgehead atoms. The van der Waals surface area contributed by atoms with E-state index in [4.69, 9.17) is 4.74 Å². The highest BCUT2D eigenvalue weighted by Crippen LogP contribution is 2.29. The minimum atomic E-state index is -0.197. The van der Waals surface area contributed by atoms with Crippen LogP contribution in [-0.4, -0.2) is 49.6 Å². The van der Waals surface area contributed by atoms with Crippen molar-refractivity contribution in [3.05, 3.63) is 89.8 Å². The largest absolute Gasteiger partial charge is 0.362 e. The average Bonchev–Trinajstić information content (AvgIpc) is 2.77. The molecule has 0 spiro atoms. The lowest BCUT2D eigenvalue weighted by Gasteiger charge is -2.38. The lowest BCUT2D eigenvalue weighted by molar-refractivity contribution is -0.0540. The molecule has 1 aliphatic heterocycles.